The number of nitrogens with zero attached hydrogens (tertiary/aromatic N) is 1. The molecule has 0 saturated carbocycles. The van der Waals surface area contributed by atoms with Gasteiger partial charge in [0.25, 0.3) is 0 Å². The highest BCUT2D eigenvalue weighted by atomic mass is 16.3. The van der Waals surface area contributed by atoms with Crippen LogP contribution in [0.25, 0.3) is 0 Å². The highest BCUT2D eigenvalue weighted by molar-refractivity contribution is 5.92. The van der Waals surface area contributed by atoms with Crippen LogP contribution in [0.3, 0.4) is 0 Å². The molecule has 1 rings (SSSR count). The maximum atomic E-state index is 11.4. The first-order valence-corrected chi connectivity index (χ1v) is 5.49. The topological polar surface area (TPSA) is 52.6 Å². The molecule has 0 spiro atoms. The van der Waals surface area contributed by atoms with Gasteiger partial charge in [0, 0.05) is 17.8 Å². The summed E-state index contributed by atoms with van der Waals surface area (Å²) in [5, 5.41) is 11.7. The molecule has 0 unspecified atom stereocenters. The van der Waals surface area contributed by atoms with Crippen molar-refractivity contribution in [3.8, 4) is 0 Å². The first kappa shape index (κ1) is 13.3. The van der Waals surface area contributed by atoms with Gasteiger partial charge in [-0.25, -0.2) is 0 Å². The molecule has 4 nitrogen and oxygen atoms in total. The van der Waals surface area contributed by atoms with Crippen molar-refractivity contribution in [3.63, 3.8) is 0 Å². The van der Waals surface area contributed by atoms with Crippen LogP contribution in [-0.4, -0.2) is 30.8 Å². The molecular weight excluding hydrogens is 216 g/mol. The summed E-state index contributed by atoms with van der Waals surface area (Å²) in [5.74, 6) is -0.177. The summed E-state index contributed by atoms with van der Waals surface area (Å²) in [4.78, 5) is 13.3. The first-order chi connectivity index (χ1) is 8.15. The van der Waals surface area contributed by atoms with E-state index in [-0.39, 0.29) is 12.5 Å². The molecule has 1 aromatic carbocycles. The molecule has 4 heteroatoms. The highest BCUT2D eigenvalue weighted by Gasteiger charge is 2.07. The Labute approximate surface area is 102 Å². The third-order valence-electron chi connectivity index (χ3n) is 2.31. The number of anilines is 1. The fourth-order valence-corrected chi connectivity index (χ4v) is 1.38. The zero-order valence-corrected chi connectivity index (χ0v) is 10.0. The predicted molar refractivity (Wildman–Crippen MR) is 68.7 cm³/mol. The Kier molecular flexibility index (Phi) is 5.23. The lowest BCUT2D eigenvalue weighted by atomic mass is 10.3. The third kappa shape index (κ3) is 4.28. The average molecular weight is 234 g/mol. The largest absolute Gasteiger partial charge is 0.395 e. The Morgan fingerprint density at radius 1 is 1.41 bits per heavy atom. The van der Waals surface area contributed by atoms with Crippen LogP contribution in [0.1, 0.15) is 6.92 Å². The quantitative estimate of drug-likeness (QED) is 0.573. The van der Waals surface area contributed by atoms with Gasteiger partial charge in [0.2, 0.25) is 5.91 Å². The van der Waals surface area contributed by atoms with E-state index in [4.69, 9.17) is 5.11 Å². The van der Waals surface area contributed by atoms with Gasteiger partial charge in [0.15, 0.2) is 0 Å². The summed E-state index contributed by atoms with van der Waals surface area (Å²) in [6.07, 6.45) is 0. The van der Waals surface area contributed by atoms with Crippen LogP contribution in [0, 0.1) is 0 Å². The second kappa shape index (κ2) is 6.70. The Morgan fingerprint density at radius 3 is 2.59 bits per heavy atom. The van der Waals surface area contributed by atoms with Crippen molar-refractivity contribution in [2.24, 2.45) is 0 Å². The number of carbonyl (C=O) groups is 1. The van der Waals surface area contributed by atoms with Crippen LogP contribution < -0.4 is 10.2 Å². The summed E-state index contributed by atoms with van der Waals surface area (Å²) in [5.41, 5.74) is 1.44. The van der Waals surface area contributed by atoms with Gasteiger partial charge < -0.3 is 15.3 Å². The molecule has 0 aromatic heterocycles. The van der Waals surface area contributed by atoms with Gasteiger partial charge in [-0.2, -0.15) is 0 Å². The number of rotatable bonds is 6. The smallest absolute Gasteiger partial charge is 0.247 e. The summed E-state index contributed by atoms with van der Waals surface area (Å²) < 4.78 is 0. The molecule has 0 radical (unpaired) electrons. The second-order valence-corrected chi connectivity index (χ2v) is 3.77. The molecule has 0 aliphatic carbocycles. The number of para-hydroxylation sites is 1. The Balaban J connectivity index is 2.61. The number of benzene rings is 1. The molecule has 92 valence electrons. The normalized spacial score (nSPS) is 9.76. The zero-order chi connectivity index (χ0) is 12.7. The van der Waals surface area contributed by atoms with Gasteiger partial charge in [-0.3, -0.25) is 4.79 Å². The molecule has 2 N–H and O–H groups in total. The standard InChI is InChI=1S/C13H18N2O2/c1-11(2)13(17)14-10-15(8-9-16)12-6-4-3-5-7-12/h3-7,16H,1,8-10H2,2H3,(H,14,17). The molecule has 0 aliphatic rings. The summed E-state index contributed by atoms with van der Waals surface area (Å²) in [6.45, 7) is 6.10. The van der Waals surface area contributed by atoms with Crippen LogP contribution in [0.4, 0.5) is 5.69 Å². The molecule has 1 amide bonds. The minimum atomic E-state index is -0.177. The monoisotopic (exact) mass is 234 g/mol. The molecule has 0 bridgehead atoms. The predicted octanol–water partition coefficient (Wildman–Crippen LogP) is 1.14. The van der Waals surface area contributed by atoms with Crippen molar-refractivity contribution in [2.45, 2.75) is 6.92 Å². The summed E-state index contributed by atoms with van der Waals surface area (Å²) in [7, 11) is 0. The molecule has 1 aromatic rings. The molecular formula is C13H18N2O2. The van der Waals surface area contributed by atoms with Crippen LogP contribution >= 0.6 is 0 Å². The lowest BCUT2D eigenvalue weighted by molar-refractivity contribution is -0.117. The minimum Gasteiger partial charge on any atom is -0.395 e. The molecule has 0 saturated heterocycles. The molecule has 0 atom stereocenters. The summed E-state index contributed by atoms with van der Waals surface area (Å²) >= 11 is 0. The van der Waals surface area contributed by atoms with Crippen LogP contribution in [-0.2, 0) is 4.79 Å². The number of carbonyl (C=O) groups excluding carboxylic acids is 1. The van der Waals surface area contributed by atoms with E-state index in [1.165, 1.54) is 0 Å². The Hall–Kier alpha value is -1.81. The molecule has 0 aliphatic heterocycles. The molecule has 17 heavy (non-hydrogen) atoms. The van der Waals surface area contributed by atoms with Gasteiger partial charge >= 0.3 is 0 Å². The molecule has 0 heterocycles. The van der Waals surface area contributed by atoms with E-state index in [0.717, 1.165) is 5.69 Å². The van der Waals surface area contributed by atoms with Crippen LogP contribution in [0.2, 0.25) is 0 Å². The number of aliphatic hydroxyl groups excluding tert-OH is 1. The fraction of sp³-hybridized carbons (Fsp3) is 0.308. The van der Waals surface area contributed by atoms with Gasteiger partial charge in [0.05, 0.1) is 13.3 Å². The zero-order valence-electron chi connectivity index (χ0n) is 10.0. The number of hydrogen-bond donors (Lipinski definition) is 2. The van der Waals surface area contributed by atoms with Gasteiger partial charge in [-0.1, -0.05) is 24.8 Å². The van der Waals surface area contributed by atoms with E-state index < -0.39 is 0 Å². The van der Waals surface area contributed by atoms with E-state index in [1.807, 2.05) is 35.2 Å². The number of hydrogen-bond acceptors (Lipinski definition) is 3. The van der Waals surface area contributed by atoms with E-state index in [1.54, 1.807) is 6.92 Å². The third-order valence-corrected chi connectivity index (χ3v) is 2.31. The highest BCUT2D eigenvalue weighted by Crippen LogP contribution is 2.11. The van der Waals surface area contributed by atoms with Crippen molar-refractivity contribution in [2.75, 3.05) is 24.7 Å². The lowest BCUT2D eigenvalue weighted by Crippen LogP contribution is -2.39. The maximum absolute atomic E-state index is 11.4. The molecule has 0 fully saturated rings. The van der Waals surface area contributed by atoms with E-state index in [2.05, 4.69) is 11.9 Å². The van der Waals surface area contributed by atoms with Gasteiger partial charge in [0.1, 0.15) is 0 Å². The van der Waals surface area contributed by atoms with Crippen molar-refractivity contribution >= 4 is 11.6 Å². The number of amides is 1. The van der Waals surface area contributed by atoms with E-state index >= 15 is 0 Å². The maximum Gasteiger partial charge on any atom is 0.247 e. The van der Waals surface area contributed by atoms with E-state index in [9.17, 15) is 4.79 Å². The number of nitrogens with one attached hydrogen (secondary N) is 1. The number of aliphatic hydroxyl groups is 1. The minimum absolute atomic E-state index is 0.0395. The van der Waals surface area contributed by atoms with Crippen molar-refractivity contribution in [1.82, 2.24) is 5.32 Å². The summed E-state index contributed by atoms with van der Waals surface area (Å²) in [6, 6.07) is 9.62. The van der Waals surface area contributed by atoms with Crippen LogP contribution in [0.15, 0.2) is 42.5 Å². The first-order valence-electron chi connectivity index (χ1n) is 5.49. The average Bonchev–Trinajstić information content (AvgIpc) is 2.35. The Bertz CT molecular complexity index is 376. The van der Waals surface area contributed by atoms with E-state index in [0.29, 0.717) is 18.8 Å². The van der Waals surface area contributed by atoms with Crippen molar-refractivity contribution in [3.05, 3.63) is 42.5 Å². The lowest BCUT2D eigenvalue weighted by Gasteiger charge is -2.24. The SMILES string of the molecule is C=C(C)C(=O)NCN(CCO)c1ccccc1. The van der Waals surface area contributed by atoms with Gasteiger partial charge in [-0.05, 0) is 19.1 Å². The van der Waals surface area contributed by atoms with Crippen molar-refractivity contribution < 1.29 is 9.90 Å². The van der Waals surface area contributed by atoms with Crippen LogP contribution in [0.5, 0.6) is 0 Å². The van der Waals surface area contributed by atoms with Crippen molar-refractivity contribution in [1.29, 1.82) is 0 Å². The Morgan fingerprint density at radius 2 is 2.06 bits per heavy atom. The second-order valence-electron chi connectivity index (χ2n) is 3.77. The van der Waals surface area contributed by atoms with Gasteiger partial charge in [-0.15, -0.1) is 0 Å². The fourth-order valence-electron chi connectivity index (χ4n) is 1.38.